The Morgan fingerprint density at radius 2 is 1.66 bits per heavy atom. The van der Waals surface area contributed by atoms with Crippen LogP contribution in [0.15, 0.2) is 17.0 Å². The summed E-state index contributed by atoms with van der Waals surface area (Å²) in [6.45, 7) is 3.67. The highest BCUT2D eigenvalue weighted by Gasteiger charge is 2.34. The molecular formula is C17H13F4IO6S. The molecule has 0 saturated heterocycles. The minimum atomic E-state index is -5.65. The van der Waals surface area contributed by atoms with Gasteiger partial charge in [0.1, 0.15) is 11.3 Å². The fraction of sp³-hybridized carbons (Fsp3) is 0.235. The number of phenolic OH excluding ortho intramolecular Hbond substituents is 1. The van der Waals surface area contributed by atoms with Crippen molar-refractivity contribution >= 4 is 38.7 Å². The quantitative estimate of drug-likeness (QED) is 0.142. The summed E-state index contributed by atoms with van der Waals surface area (Å²) in [5.41, 5.74) is 0.0624. The van der Waals surface area contributed by atoms with Crippen LogP contribution in [0.25, 0.3) is 0 Å². The predicted molar refractivity (Wildman–Crippen MR) is 101 cm³/mol. The highest BCUT2D eigenvalue weighted by Crippen LogP contribution is 2.35. The van der Waals surface area contributed by atoms with Crippen LogP contribution < -0.4 is 4.74 Å². The molecule has 0 spiro atoms. The van der Waals surface area contributed by atoms with Crippen molar-refractivity contribution in [2.45, 2.75) is 31.1 Å². The van der Waals surface area contributed by atoms with Crippen molar-refractivity contribution in [1.82, 2.24) is 0 Å². The highest BCUT2D eigenvalue weighted by atomic mass is 127. The summed E-state index contributed by atoms with van der Waals surface area (Å²) in [7, 11) is -5.65. The summed E-state index contributed by atoms with van der Waals surface area (Å²) in [4.78, 5) is 10.1. The number of benzene rings is 2. The molecule has 1 unspecified atom stereocenters. The molecule has 0 radical (unpaired) electrons. The zero-order valence-corrected chi connectivity index (χ0v) is 17.7. The van der Waals surface area contributed by atoms with Crippen molar-refractivity contribution in [3.8, 4) is 11.5 Å². The lowest BCUT2D eigenvalue weighted by Crippen LogP contribution is -2.16. The molecule has 0 amide bonds. The Balaban J connectivity index is 2.59. The van der Waals surface area contributed by atoms with Crippen LogP contribution >= 0.6 is 22.6 Å². The maximum absolute atomic E-state index is 14.1. The van der Waals surface area contributed by atoms with Crippen molar-refractivity contribution in [3.63, 3.8) is 0 Å². The molecule has 0 aliphatic rings. The standard InChI is InChI=1S/C17H13F4IO6S/c1-3-6(2)7-4-8(14(23)9(22)5-7)17(24)28-15-10(18)12(20)16(29(25,26)27)13(21)11(15)19/h4-6,23H,3H2,1-2H3,(H,25,26,27). The lowest BCUT2D eigenvalue weighted by atomic mass is 9.96. The number of aromatic hydroxyl groups is 1. The third kappa shape index (κ3) is 4.48. The molecule has 0 aliphatic carbocycles. The summed E-state index contributed by atoms with van der Waals surface area (Å²) in [5, 5.41) is 10.1. The molecule has 2 aromatic carbocycles. The molecule has 6 nitrogen and oxygen atoms in total. The molecule has 12 heteroatoms. The molecule has 1 atom stereocenters. The Morgan fingerprint density at radius 1 is 1.14 bits per heavy atom. The Kier molecular flexibility index (Phi) is 6.79. The number of ether oxygens (including phenoxy) is 1. The van der Waals surface area contributed by atoms with Gasteiger partial charge in [0.15, 0.2) is 16.5 Å². The fourth-order valence-corrected chi connectivity index (χ4v) is 3.63. The Labute approximate surface area is 176 Å². The van der Waals surface area contributed by atoms with E-state index in [0.717, 1.165) is 0 Å². The third-order valence-corrected chi connectivity index (χ3v) is 5.82. The van der Waals surface area contributed by atoms with E-state index in [2.05, 4.69) is 4.74 Å². The number of hydrogen-bond acceptors (Lipinski definition) is 5. The van der Waals surface area contributed by atoms with Crippen LogP contribution in [0.2, 0.25) is 0 Å². The smallest absolute Gasteiger partial charge is 0.347 e. The highest BCUT2D eigenvalue weighted by molar-refractivity contribution is 14.1. The molecule has 0 saturated carbocycles. The SMILES string of the molecule is CCC(C)c1cc(I)c(O)c(C(=O)Oc2c(F)c(F)c(S(=O)(=O)O)c(F)c2F)c1. The van der Waals surface area contributed by atoms with E-state index in [0.29, 0.717) is 12.0 Å². The normalized spacial score (nSPS) is 12.7. The van der Waals surface area contributed by atoms with Crippen LogP contribution in [0.1, 0.15) is 42.1 Å². The molecular weight excluding hydrogens is 535 g/mol. The van der Waals surface area contributed by atoms with Crippen molar-refractivity contribution < 1.29 is 45.2 Å². The monoisotopic (exact) mass is 548 g/mol. The Morgan fingerprint density at radius 3 is 2.10 bits per heavy atom. The molecule has 0 bridgehead atoms. The molecule has 0 aliphatic heterocycles. The van der Waals surface area contributed by atoms with Crippen LogP contribution in [0, 0.1) is 26.8 Å². The lowest BCUT2D eigenvalue weighted by Gasteiger charge is -2.14. The van der Waals surface area contributed by atoms with E-state index in [1.807, 2.05) is 13.8 Å². The Bertz CT molecular complexity index is 1070. The molecule has 2 aromatic rings. The summed E-state index contributed by atoms with van der Waals surface area (Å²) < 4.78 is 91.0. The van der Waals surface area contributed by atoms with E-state index in [1.165, 1.54) is 6.07 Å². The van der Waals surface area contributed by atoms with Crippen molar-refractivity contribution in [2.24, 2.45) is 0 Å². The molecule has 2 rings (SSSR count). The average molecular weight is 548 g/mol. The second kappa shape index (κ2) is 8.44. The second-order valence-electron chi connectivity index (χ2n) is 5.99. The number of esters is 1. The molecule has 158 valence electrons. The first kappa shape index (κ1) is 23.3. The fourth-order valence-electron chi connectivity index (χ4n) is 2.35. The topological polar surface area (TPSA) is 101 Å². The van der Waals surface area contributed by atoms with Gasteiger partial charge in [0.05, 0.1) is 3.57 Å². The van der Waals surface area contributed by atoms with E-state index in [4.69, 9.17) is 4.55 Å². The van der Waals surface area contributed by atoms with Crippen molar-refractivity contribution in [3.05, 3.63) is 50.1 Å². The third-order valence-electron chi connectivity index (χ3n) is 4.12. The number of hydrogen-bond donors (Lipinski definition) is 2. The van der Waals surface area contributed by atoms with E-state index in [1.54, 1.807) is 28.7 Å². The summed E-state index contributed by atoms with van der Waals surface area (Å²) >= 11 is 1.71. The minimum Gasteiger partial charge on any atom is -0.506 e. The average Bonchev–Trinajstić information content (AvgIpc) is 2.63. The molecule has 0 fully saturated rings. The number of carbonyl (C=O) groups excluding carboxylic acids is 1. The van der Waals surface area contributed by atoms with Gasteiger partial charge in [0.25, 0.3) is 0 Å². The van der Waals surface area contributed by atoms with Crippen LogP contribution in [0.4, 0.5) is 17.6 Å². The number of rotatable bonds is 5. The van der Waals surface area contributed by atoms with E-state index in [-0.39, 0.29) is 9.49 Å². The number of phenols is 1. The zero-order chi connectivity index (χ0) is 22.3. The lowest BCUT2D eigenvalue weighted by molar-refractivity contribution is 0.0713. The second-order valence-corrected chi connectivity index (χ2v) is 8.51. The van der Waals surface area contributed by atoms with Gasteiger partial charge in [-0.1, -0.05) is 13.8 Å². The largest absolute Gasteiger partial charge is 0.506 e. The molecule has 0 heterocycles. The van der Waals surface area contributed by atoms with Gasteiger partial charge in [-0.2, -0.15) is 17.2 Å². The Hall–Kier alpha value is -1.93. The predicted octanol–water partition coefficient (Wildman–Crippen LogP) is 4.53. The van der Waals surface area contributed by atoms with Crippen molar-refractivity contribution in [1.29, 1.82) is 0 Å². The first-order chi connectivity index (χ1) is 13.3. The van der Waals surface area contributed by atoms with Crippen LogP contribution in [-0.4, -0.2) is 24.0 Å². The van der Waals surface area contributed by atoms with E-state index in [9.17, 15) is 35.9 Å². The van der Waals surface area contributed by atoms with Gasteiger partial charge in [-0.25, -0.2) is 13.6 Å². The van der Waals surface area contributed by atoms with E-state index >= 15 is 0 Å². The van der Waals surface area contributed by atoms with E-state index < -0.39 is 61.3 Å². The first-order valence-corrected chi connectivity index (χ1v) is 10.4. The zero-order valence-electron chi connectivity index (χ0n) is 14.8. The van der Waals surface area contributed by atoms with Gasteiger partial charge < -0.3 is 9.84 Å². The number of halogens is 5. The summed E-state index contributed by atoms with van der Waals surface area (Å²) in [5.74, 6) is -13.7. The van der Waals surface area contributed by atoms with Gasteiger partial charge in [0.2, 0.25) is 17.4 Å². The summed E-state index contributed by atoms with van der Waals surface area (Å²) in [6.07, 6.45) is 0.659. The van der Waals surface area contributed by atoms with Gasteiger partial charge >= 0.3 is 16.1 Å². The van der Waals surface area contributed by atoms with Crippen LogP contribution in [0.5, 0.6) is 11.5 Å². The maximum Gasteiger partial charge on any atom is 0.347 e. The van der Waals surface area contributed by atoms with Gasteiger partial charge in [0, 0.05) is 0 Å². The first-order valence-electron chi connectivity index (χ1n) is 7.89. The minimum absolute atomic E-state index is 0.0620. The number of carbonyl (C=O) groups is 1. The van der Waals surface area contributed by atoms with Crippen molar-refractivity contribution in [2.75, 3.05) is 0 Å². The van der Waals surface area contributed by atoms with Crippen LogP contribution in [0.3, 0.4) is 0 Å². The van der Waals surface area contributed by atoms with Crippen LogP contribution in [-0.2, 0) is 10.1 Å². The molecule has 2 N–H and O–H groups in total. The maximum atomic E-state index is 14.1. The molecule has 0 aromatic heterocycles. The molecule has 29 heavy (non-hydrogen) atoms. The summed E-state index contributed by atoms with van der Waals surface area (Å²) in [6, 6.07) is 2.77. The van der Waals surface area contributed by atoms with Gasteiger partial charge in [-0.15, -0.1) is 0 Å². The van der Waals surface area contributed by atoms with Gasteiger partial charge in [-0.05, 0) is 52.6 Å². The van der Waals surface area contributed by atoms with Gasteiger partial charge in [-0.3, -0.25) is 4.55 Å².